The lowest BCUT2D eigenvalue weighted by Crippen LogP contribution is -2.07. The van der Waals surface area contributed by atoms with Gasteiger partial charge in [-0.1, -0.05) is 36.4 Å². The Balaban J connectivity index is 2.02. The number of nitrogens with zero attached hydrogens (tertiary/aromatic N) is 2. The van der Waals surface area contributed by atoms with E-state index < -0.39 is 5.97 Å². The van der Waals surface area contributed by atoms with Gasteiger partial charge in [0.15, 0.2) is 5.82 Å². The summed E-state index contributed by atoms with van der Waals surface area (Å²) in [5.74, 6) is 0.241. The maximum atomic E-state index is 11.4. The maximum Gasteiger partial charge on any atom is 0.341 e. The molecule has 6 nitrogen and oxygen atoms in total. The lowest BCUT2D eigenvalue weighted by Gasteiger charge is -2.11. The van der Waals surface area contributed by atoms with E-state index in [0.717, 1.165) is 5.56 Å². The van der Waals surface area contributed by atoms with E-state index in [9.17, 15) is 9.90 Å². The van der Waals surface area contributed by atoms with Crippen molar-refractivity contribution in [3.8, 4) is 17.1 Å². The SMILES string of the molecule is COc1cccc(Nc2nc(-c3ccccc3)ncc2C(=O)O)c1. The molecule has 1 heterocycles. The van der Waals surface area contributed by atoms with Gasteiger partial charge in [-0.25, -0.2) is 14.8 Å². The molecule has 0 spiro atoms. The Morgan fingerprint density at radius 1 is 1.12 bits per heavy atom. The van der Waals surface area contributed by atoms with E-state index in [2.05, 4.69) is 15.3 Å². The minimum Gasteiger partial charge on any atom is -0.497 e. The zero-order valence-corrected chi connectivity index (χ0v) is 12.9. The number of hydrogen-bond donors (Lipinski definition) is 2. The first-order valence-electron chi connectivity index (χ1n) is 7.24. The second-order valence-electron chi connectivity index (χ2n) is 4.98. The van der Waals surface area contributed by atoms with Gasteiger partial charge in [-0.3, -0.25) is 0 Å². The molecule has 0 amide bonds. The monoisotopic (exact) mass is 321 g/mol. The highest BCUT2D eigenvalue weighted by atomic mass is 16.5. The molecule has 2 aromatic carbocycles. The van der Waals surface area contributed by atoms with E-state index in [0.29, 0.717) is 17.3 Å². The van der Waals surface area contributed by atoms with Crippen LogP contribution in [-0.2, 0) is 0 Å². The van der Waals surface area contributed by atoms with Crippen LogP contribution in [0, 0.1) is 0 Å². The summed E-state index contributed by atoms with van der Waals surface area (Å²) in [6.45, 7) is 0. The van der Waals surface area contributed by atoms with E-state index in [1.165, 1.54) is 6.20 Å². The van der Waals surface area contributed by atoms with Gasteiger partial charge in [-0.05, 0) is 12.1 Å². The van der Waals surface area contributed by atoms with Crippen LogP contribution in [0.2, 0.25) is 0 Å². The molecule has 0 unspecified atom stereocenters. The number of aromatic carboxylic acids is 1. The third-order valence-electron chi connectivity index (χ3n) is 3.38. The van der Waals surface area contributed by atoms with Crippen LogP contribution >= 0.6 is 0 Å². The fourth-order valence-corrected chi connectivity index (χ4v) is 2.20. The van der Waals surface area contributed by atoms with Crippen molar-refractivity contribution >= 4 is 17.5 Å². The van der Waals surface area contributed by atoms with Gasteiger partial charge in [0.05, 0.1) is 7.11 Å². The molecule has 0 aliphatic carbocycles. The minimum atomic E-state index is -1.10. The van der Waals surface area contributed by atoms with Crippen molar-refractivity contribution in [1.29, 1.82) is 0 Å². The molecule has 0 atom stereocenters. The number of benzene rings is 2. The summed E-state index contributed by atoms with van der Waals surface area (Å²) >= 11 is 0. The molecule has 0 aliphatic heterocycles. The molecule has 0 aliphatic rings. The predicted octanol–water partition coefficient (Wildman–Crippen LogP) is 3.59. The summed E-state index contributed by atoms with van der Waals surface area (Å²) in [4.78, 5) is 20.0. The Morgan fingerprint density at radius 3 is 2.62 bits per heavy atom. The maximum absolute atomic E-state index is 11.4. The van der Waals surface area contributed by atoms with Crippen LogP contribution in [0.3, 0.4) is 0 Å². The van der Waals surface area contributed by atoms with Crippen molar-refractivity contribution in [1.82, 2.24) is 9.97 Å². The zero-order valence-electron chi connectivity index (χ0n) is 12.9. The smallest absolute Gasteiger partial charge is 0.341 e. The van der Waals surface area contributed by atoms with Gasteiger partial charge in [0.1, 0.15) is 17.1 Å². The Bertz CT molecular complexity index is 866. The molecule has 3 aromatic rings. The van der Waals surface area contributed by atoms with Gasteiger partial charge in [-0.2, -0.15) is 0 Å². The summed E-state index contributed by atoms with van der Waals surface area (Å²) in [5, 5.41) is 12.4. The van der Waals surface area contributed by atoms with Crippen molar-refractivity contribution in [2.24, 2.45) is 0 Å². The molecular formula is C18H15N3O3. The highest BCUT2D eigenvalue weighted by Crippen LogP contribution is 2.24. The molecule has 24 heavy (non-hydrogen) atoms. The van der Waals surface area contributed by atoms with Gasteiger partial charge < -0.3 is 15.2 Å². The van der Waals surface area contributed by atoms with Gasteiger partial charge in [0, 0.05) is 23.5 Å². The summed E-state index contributed by atoms with van der Waals surface area (Å²) < 4.78 is 5.17. The summed E-state index contributed by atoms with van der Waals surface area (Å²) in [6.07, 6.45) is 1.31. The predicted molar refractivity (Wildman–Crippen MR) is 90.7 cm³/mol. The van der Waals surface area contributed by atoms with Crippen LogP contribution in [0.5, 0.6) is 5.75 Å². The molecule has 2 N–H and O–H groups in total. The molecule has 1 aromatic heterocycles. The minimum absolute atomic E-state index is 0.00231. The van der Waals surface area contributed by atoms with Crippen LogP contribution in [0.15, 0.2) is 60.8 Å². The van der Waals surface area contributed by atoms with E-state index in [-0.39, 0.29) is 11.4 Å². The number of hydrogen-bond acceptors (Lipinski definition) is 5. The van der Waals surface area contributed by atoms with Crippen molar-refractivity contribution in [2.45, 2.75) is 0 Å². The average molecular weight is 321 g/mol. The molecule has 0 saturated heterocycles. The number of carboxylic acid groups (broad SMARTS) is 1. The summed E-state index contributed by atoms with van der Waals surface area (Å²) in [7, 11) is 1.57. The number of nitrogens with one attached hydrogen (secondary N) is 1. The number of carboxylic acids is 1. The van der Waals surface area contributed by atoms with Crippen LogP contribution in [0.4, 0.5) is 11.5 Å². The molecular weight excluding hydrogens is 306 g/mol. The quantitative estimate of drug-likeness (QED) is 0.747. The number of ether oxygens (including phenoxy) is 1. The largest absolute Gasteiger partial charge is 0.497 e. The molecule has 120 valence electrons. The van der Waals surface area contributed by atoms with Crippen LogP contribution in [0.1, 0.15) is 10.4 Å². The molecule has 0 bridgehead atoms. The van der Waals surface area contributed by atoms with E-state index in [1.54, 1.807) is 31.4 Å². The molecule has 0 fully saturated rings. The third-order valence-corrected chi connectivity index (χ3v) is 3.38. The fourth-order valence-electron chi connectivity index (χ4n) is 2.20. The first kappa shape index (κ1) is 15.5. The van der Waals surface area contributed by atoms with Crippen LogP contribution < -0.4 is 10.1 Å². The van der Waals surface area contributed by atoms with Gasteiger partial charge in [0.2, 0.25) is 0 Å². The highest BCUT2D eigenvalue weighted by molar-refractivity contribution is 5.94. The zero-order chi connectivity index (χ0) is 16.9. The van der Waals surface area contributed by atoms with Gasteiger partial charge >= 0.3 is 5.97 Å². The molecule has 0 radical (unpaired) electrons. The third kappa shape index (κ3) is 3.33. The molecule has 0 saturated carbocycles. The Morgan fingerprint density at radius 2 is 1.92 bits per heavy atom. The second-order valence-corrected chi connectivity index (χ2v) is 4.98. The Hall–Kier alpha value is -3.41. The Labute approximate surface area is 138 Å². The first-order chi connectivity index (χ1) is 11.7. The topological polar surface area (TPSA) is 84.3 Å². The number of methoxy groups -OCH3 is 1. The second kappa shape index (κ2) is 6.78. The van der Waals surface area contributed by atoms with Crippen molar-refractivity contribution in [2.75, 3.05) is 12.4 Å². The summed E-state index contributed by atoms with van der Waals surface area (Å²) in [6, 6.07) is 16.5. The van der Waals surface area contributed by atoms with Crippen molar-refractivity contribution in [3.63, 3.8) is 0 Å². The van der Waals surface area contributed by atoms with E-state index in [4.69, 9.17) is 4.74 Å². The van der Waals surface area contributed by atoms with Gasteiger partial charge in [0.25, 0.3) is 0 Å². The normalized spacial score (nSPS) is 10.2. The van der Waals surface area contributed by atoms with Gasteiger partial charge in [-0.15, -0.1) is 0 Å². The fraction of sp³-hybridized carbons (Fsp3) is 0.0556. The number of aromatic nitrogens is 2. The van der Waals surface area contributed by atoms with Crippen molar-refractivity contribution < 1.29 is 14.6 Å². The highest BCUT2D eigenvalue weighted by Gasteiger charge is 2.15. The standard InChI is InChI=1S/C18H15N3O3/c1-24-14-9-5-8-13(10-14)20-17-15(18(22)23)11-19-16(21-17)12-6-3-2-4-7-12/h2-11H,1H3,(H,22,23)(H,19,20,21). The number of carbonyl (C=O) groups is 1. The molecule has 6 heteroatoms. The van der Waals surface area contributed by atoms with Crippen LogP contribution in [0.25, 0.3) is 11.4 Å². The first-order valence-corrected chi connectivity index (χ1v) is 7.24. The van der Waals surface area contributed by atoms with Crippen molar-refractivity contribution in [3.05, 3.63) is 66.4 Å². The number of rotatable bonds is 5. The van der Waals surface area contributed by atoms with Crippen LogP contribution in [-0.4, -0.2) is 28.2 Å². The average Bonchev–Trinajstić information content (AvgIpc) is 2.62. The van der Waals surface area contributed by atoms with E-state index in [1.807, 2.05) is 30.3 Å². The number of anilines is 2. The lowest BCUT2D eigenvalue weighted by atomic mass is 10.2. The lowest BCUT2D eigenvalue weighted by molar-refractivity contribution is 0.0697. The summed E-state index contributed by atoms with van der Waals surface area (Å²) in [5.41, 5.74) is 1.48. The Kier molecular flexibility index (Phi) is 4.38. The molecule has 3 rings (SSSR count). The van der Waals surface area contributed by atoms with E-state index >= 15 is 0 Å².